The van der Waals surface area contributed by atoms with E-state index < -0.39 is 6.36 Å². The van der Waals surface area contributed by atoms with Gasteiger partial charge in [0, 0.05) is 17.5 Å². The van der Waals surface area contributed by atoms with Gasteiger partial charge >= 0.3 is 6.36 Å². The molecule has 0 spiro atoms. The van der Waals surface area contributed by atoms with Crippen molar-refractivity contribution < 1.29 is 22.7 Å². The van der Waals surface area contributed by atoms with Crippen molar-refractivity contribution in [3.05, 3.63) is 65.7 Å². The highest BCUT2D eigenvalue weighted by molar-refractivity contribution is 5.97. The lowest BCUT2D eigenvalue weighted by molar-refractivity contribution is -0.274. The zero-order valence-corrected chi connectivity index (χ0v) is 10.4. The van der Waals surface area contributed by atoms with Crippen LogP contribution < -0.4 is 4.74 Å². The van der Waals surface area contributed by atoms with Gasteiger partial charge in [-0.2, -0.15) is 0 Å². The molecule has 0 unspecified atom stereocenters. The molecule has 0 fully saturated rings. The summed E-state index contributed by atoms with van der Waals surface area (Å²) in [4.78, 5) is 12.0. The Hall–Kier alpha value is -2.30. The maximum Gasteiger partial charge on any atom is 0.573 e. The molecule has 0 N–H and O–H groups in total. The minimum atomic E-state index is -4.77. The molecule has 0 heterocycles. The Labute approximate surface area is 113 Å². The summed E-state index contributed by atoms with van der Waals surface area (Å²) in [6.07, 6.45) is -4.91. The highest BCUT2D eigenvalue weighted by Gasteiger charge is 2.32. The van der Waals surface area contributed by atoms with Gasteiger partial charge in [0.05, 0.1) is 0 Å². The summed E-state index contributed by atoms with van der Waals surface area (Å²) in [7, 11) is 0. The van der Waals surface area contributed by atoms with Crippen molar-refractivity contribution >= 4 is 5.78 Å². The zero-order valence-electron chi connectivity index (χ0n) is 10.4. The molecule has 2 rings (SSSR count). The van der Waals surface area contributed by atoms with E-state index in [4.69, 9.17) is 0 Å². The van der Waals surface area contributed by atoms with Gasteiger partial charge in [-0.3, -0.25) is 4.79 Å². The second kappa shape index (κ2) is 5.77. The molecule has 104 valence electrons. The lowest BCUT2D eigenvalue weighted by Crippen LogP contribution is -2.18. The molecular weight excluding hydrogens is 269 g/mol. The minimum absolute atomic E-state index is 0.143. The largest absolute Gasteiger partial charge is 0.573 e. The number of carbonyl (C=O) groups is 1. The standard InChI is InChI=1S/C15H11F3O2/c16-15(17,18)20-14-9-5-4-8-12(14)10-13(19)11-6-2-1-3-7-11/h1-9H,10H2. The van der Waals surface area contributed by atoms with Crippen molar-refractivity contribution in [1.82, 2.24) is 0 Å². The number of rotatable bonds is 4. The average molecular weight is 280 g/mol. The van der Waals surface area contributed by atoms with Crippen LogP contribution in [-0.4, -0.2) is 12.1 Å². The molecule has 0 aliphatic rings. The SMILES string of the molecule is O=C(Cc1ccccc1OC(F)(F)F)c1ccccc1. The molecule has 0 atom stereocenters. The van der Waals surface area contributed by atoms with E-state index in [9.17, 15) is 18.0 Å². The Morgan fingerprint density at radius 1 is 0.950 bits per heavy atom. The lowest BCUT2D eigenvalue weighted by Gasteiger charge is -2.12. The number of alkyl halides is 3. The van der Waals surface area contributed by atoms with E-state index in [0.29, 0.717) is 5.56 Å². The number of Topliss-reactive ketones (excluding diaryl/α,β-unsaturated/α-hetero) is 1. The van der Waals surface area contributed by atoms with Crippen molar-refractivity contribution in [2.75, 3.05) is 0 Å². The van der Waals surface area contributed by atoms with E-state index in [1.807, 2.05) is 0 Å². The van der Waals surface area contributed by atoms with Crippen LogP contribution in [0.1, 0.15) is 15.9 Å². The fourth-order valence-electron chi connectivity index (χ4n) is 1.77. The normalized spacial score (nSPS) is 11.2. The van der Waals surface area contributed by atoms with E-state index >= 15 is 0 Å². The van der Waals surface area contributed by atoms with Gasteiger partial charge in [0.25, 0.3) is 0 Å². The predicted molar refractivity (Wildman–Crippen MR) is 67.6 cm³/mol. The summed E-state index contributed by atoms with van der Waals surface area (Å²) in [5, 5.41) is 0. The molecule has 0 amide bonds. The molecule has 0 radical (unpaired) electrons. The maximum absolute atomic E-state index is 12.3. The van der Waals surface area contributed by atoms with Crippen molar-refractivity contribution in [1.29, 1.82) is 0 Å². The second-order valence-corrected chi connectivity index (χ2v) is 4.12. The summed E-state index contributed by atoms with van der Waals surface area (Å²) in [6, 6.07) is 14.0. The summed E-state index contributed by atoms with van der Waals surface area (Å²) in [5.41, 5.74) is 0.660. The quantitative estimate of drug-likeness (QED) is 0.791. The molecule has 2 nitrogen and oxygen atoms in total. The van der Waals surface area contributed by atoms with Gasteiger partial charge < -0.3 is 4.74 Å². The Morgan fingerprint density at radius 2 is 1.55 bits per heavy atom. The van der Waals surface area contributed by atoms with Crippen LogP contribution in [0.2, 0.25) is 0 Å². The van der Waals surface area contributed by atoms with E-state index in [2.05, 4.69) is 4.74 Å². The first-order valence-corrected chi connectivity index (χ1v) is 5.87. The molecule has 5 heteroatoms. The van der Waals surface area contributed by atoms with Crippen LogP contribution in [0.5, 0.6) is 5.75 Å². The van der Waals surface area contributed by atoms with Gasteiger partial charge in [0.1, 0.15) is 5.75 Å². The number of ketones is 1. The van der Waals surface area contributed by atoms with Gasteiger partial charge in [0.2, 0.25) is 0 Å². The van der Waals surface area contributed by atoms with Gasteiger partial charge in [-0.05, 0) is 6.07 Å². The van der Waals surface area contributed by atoms with Gasteiger partial charge in [-0.25, -0.2) is 0 Å². The van der Waals surface area contributed by atoms with Gasteiger partial charge in [-0.15, -0.1) is 13.2 Å². The van der Waals surface area contributed by atoms with Crippen LogP contribution in [0.25, 0.3) is 0 Å². The molecule has 0 saturated heterocycles. The molecule has 0 saturated carbocycles. The number of carbonyl (C=O) groups excluding carboxylic acids is 1. The van der Waals surface area contributed by atoms with Gasteiger partial charge in [-0.1, -0.05) is 48.5 Å². The number of benzene rings is 2. The first-order valence-electron chi connectivity index (χ1n) is 5.87. The Kier molecular flexibility index (Phi) is 4.08. The third kappa shape index (κ3) is 3.85. The molecule has 0 bridgehead atoms. The highest BCUT2D eigenvalue weighted by atomic mass is 19.4. The van der Waals surface area contributed by atoms with Crippen LogP contribution in [-0.2, 0) is 6.42 Å². The number of ether oxygens (including phenoxy) is 1. The highest BCUT2D eigenvalue weighted by Crippen LogP contribution is 2.27. The fourth-order valence-corrected chi connectivity index (χ4v) is 1.77. The number of hydrogen-bond donors (Lipinski definition) is 0. The van der Waals surface area contributed by atoms with Crippen LogP contribution in [0.3, 0.4) is 0 Å². The maximum atomic E-state index is 12.3. The smallest absolute Gasteiger partial charge is 0.405 e. The van der Waals surface area contributed by atoms with E-state index in [-0.39, 0.29) is 23.5 Å². The summed E-state index contributed by atoms with van der Waals surface area (Å²) < 4.78 is 40.7. The molecule has 0 aliphatic carbocycles. The summed E-state index contributed by atoms with van der Waals surface area (Å²) in [6.45, 7) is 0. The number of hydrogen-bond acceptors (Lipinski definition) is 2. The monoisotopic (exact) mass is 280 g/mol. The minimum Gasteiger partial charge on any atom is -0.405 e. The molecule has 2 aromatic carbocycles. The Morgan fingerprint density at radius 3 is 2.20 bits per heavy atom. The molecular formula is C15H11F3O2. The van der Waals surface area contributed by atoms with Crippen LogP contribution in [0.15, 0.2) is 54.6 Å². The van der Waals surface area contributed by atoms with Crippen LogP contribution in [0.4, 0.5) is 13.2 Å². The van der Waals surface area contributed by atoms with Crippen molar-refractivity contribution in [3.8, 4) is 5.75 Å². The third-order valence-electron chi connectivity index (χ3n) is 2.65. The Bertz CT molecular complexity index is 592. The third-order valence-corrected chi connectivity index (χ3v) is 2.65. The molecule has 0 aliphatic heterocycles. The predicted octanol–water partition coefficient (Wildman–Crippen LogP) is 4.01. The topological polar surface area (TPSA) is 26.3 Å². The molecule has 2 aromatic rings. The van der Waals surface area contributed by atoms with E-state index in [1.165, 1.54) is 18.2 Å². The Balaban J connectivity index is 2.20. The summed E-state index contributed by atoms with van der Waals surface area (Å²) >= 11 is 0. The van der Waals surface area contributed by atoms with Gasteiger partial charge in [0.15, 0.2) is 5.78 Å². The molecule has 20 heavy (non-hydrogen) atoms. The molecule has 0 aromatic heterocycles. The summed E-state index contributed by atoms with van der Waals surface area (Å²) in [5.74, 6) is -0.604. The average Bonchev–Trinajstić information content (AvgIpc) is 2.40. The van der Waals surface area contributed by atoms with Crippen LogP contribution >= 0.6 is 0 Å². The van der Waals surface area contributed by atoms with Crippen molar-refractivity contribution in [3.63, 3.8) is 0 Å². The van der Waals surface area contributed by atoms with E-state index in [1.54, 1.807) is 36.4 Å². The van der Waals surface area contributed by atoms with Crippen molar-refractivity contribution in [2.45, 2.75) is 12.8 Å². The second-order valence-electron chi connectivity index (χ2n) is 4.12. The lowest BCUT2D eigenvalue weighted by atomic mass is 10.0. The zero-order chi connectivity index (χ0) is 14.6. The first-order chi connectivity index (χ1) is 9.46. The first kappa shape index (κ1) is 14.1. The fraction of sp³-hybridized carbons (Fsp3) is 0.133. The van der Waals surface area contributed by atoms with Crippen molar-refractivity contribution in [2.24, 2.45) is 0 Å². The van der Waals surface area contributed by atoms with E-state index in [0.717, 1.165) is 0 Å². The number of halogens is 3. The van der Waals surface area contributed by atoms with Crippen LogP contribution in [0, 0.1) is 0 Å². The number of para-hydroxylation sites is 1.